The first-order valence-corrected chi connectivity index (χ1v) is 10.8. The van der Waals surface area contributed by atoms with Crippen molar-refractivity contribution < 1.29 is 19.4 Å². The number of hydrogen-bond acceptors (Lipinski definition) is 5. The van der Waals surface area contributed by atoms with Crippen LogP contribution in [0.1, 0.15) is 25.3 Å². The van der Waals surface area contributed by atoms with Crippen LogP contribution in [-0.4, -0.2) is 29.4 Å². The highest BCUT2D eigenvalue weighted by Crippen LogP contribution is 2.41. The molecule has 0 radical (unpaired) electrons. The number of thioether (sulfide) groups is 1. The van der Waals surface area contributed by atoms with E-state index in [0.29, 0.717) is 27.7 Å². The lowest BCUT2D eigenvalue weighted by Gasteiger charge is -2.30. The van der Waals surface area contributed by atoms with Gasteiger partial charge in [0.05, 0.1) is 17.1 Å². The standard InChI is InChI=1S/C23H22ClNO4S/c1-14-19(22(26)27)21(17-10-6-7-11-18(17)24)20(15(2)25-14)23(28)29-12-13-30-16-8-4-3-5-9-16/h3-11,21,25H,12-13H2,1-2H3,(H,26,27). The van der Waals surface area contributed by atoms with Crippen LogP contribution >= 0.6 is 23.4 Å². The molecule has 156 valence electrons. The monoisotopic (exact) mass is 443 g/mol. The minimum absolute atomic E-state index is 0.0827. The Morgan fingerprint density at radius 3 is 2.33 bits per heavy atom. The summed E-state index contributed by atoms with van der Waals surface area (Å²) in [7, 11) is 0. The van der Waals surface area contributed by atoms with E-state index in [0.717, 1.165) is 4.90 Å². The van der Waals surface area contributed by atoms with Gasteiger partial charge in [0, 0.05) is 27.1 Å². The summed E-state index contributed by atoms with van der Waals surface area (Å²) < 4.78 is 5.51. The van der Waals surface area contributed by atoms with Crippen LogP contribution in [0.25, 0.3) is 0 Å². The van der Waals surface area contributed by atoms with Gasteiger partial charge in [-0.3, -0.25) is 0 Å². The number of rotatable bonds is 7. The van der Waals surface area contributed by atoms with Crippen molar-refractivity contribution in [2.24, 2.45) is 0 Å². The average molecular weight is 444 g/mol. The summed E-state index contributed by atoms with van der Waals surface area (Å²) in [5.74, 6) is -1.88. The maximum Gasteiger partial charge on any atom is 0.336 e. The second-order valence-corrected chi connectivity index (χ2v) is 8.33. The molecular formula is C23H22ClNO4S. The smallest absolute Gasteiger partial charge is 0.336 e. The Bertz CT molecular complexity index is 1020. The number of halogens is 1. The van der Waals surface area contributed by atoms with Gasteiger partial charge in [0.25, 0.3) is 0 Å². The van der Waals surface area contributed by atoms with Gasteiger partial charge in [0.2, 0.25) is 0 Å². The predicted octanol–water partition coefficient (Wildman–Crippen LogP) is 4.99. The average Bonchev–Trinajstić information content (AvgIpc) is 2.71. The van der Waals surface area contributed by atoms with Gasteiger partial charge in [0.1, 0.15) is 6.61 Å². The van der Waals surface area contributed by atoms with Crippen LogP contribution in [0.2, 0.25) is 5.02 Å². The molecule has 7 heteroatoms. The van der Waals surface area contributed by atoms with E-state index < -0.39 is 17.9 Å². The highest BCUT2D eigenvalue weighted by atomic mass is 35.5. The zero-order valence-corrected chi connectivity index (χ0v) is 18.2. The van der Waals surface area contributed by atoms with Gasteiger partial charge in [0.15, 0.2) is 0 Å². The largest absolute Gasteiger partial charge is 0.478 e. The number of aliphatic carboxylic acids is 1. The van der Waals surface area contributed by atoms with Gasteiger partial charge >= 0.3 is 11.9 Å². The van der Waals surface area contributed by atoms with Crippen molar-refractivity contribution in [3.8, 4) is 0 Å². The van der Waals surface area contributed by atoms with Crippen molar-refractivity contribution in [3.63, 3.8) is 0 Å². The molecular weight excluding hydrogens is 422 g/mol. The van der Waals surface area contributed by atoms with Gasteiger partial charge in [-0.05, 0) is 37.6 Å². The minimum atomic E-state index is -1.11. The molecule has 0 amide bonds. The number of carbonyl (C=O) groups is 2. The van der Waals surface area contributed by atoms with Gasteiger partial charge in [-0.1, -0.05) is 48.0 Å². The lowest BCUT2D eigenvalue weighted by molar-refractivity contribution is -0.138. The van der Waals surface area contributed by atoms with Crippen molar-refractivity contribution in [2.45, 2.75) is 24.7 Å². The van der Waals surface area contributed by atoms with E-state index >= 15 is 0 Å². The van der Waals surface area contributed by atoms with Gasteiger partial charge < -0.3 is 15.2 Å². The molecule has 1 atom stereocenters. The third kappa shape index (κ3) is 4.89. The highest BCUT2D eigenvalue weighted by Gasteiger charge is 2.38. The number of benzene rings is 2. The number of carbonyl (C=O) groups excluding carboxylic acids is 1. The fourth-order valence-electron chi connectivity index (χ4n) is 3.46. The SMILES string of the molecule is CC1=C(C(=O)O)C(c2ccccc2Cl)C(C(=O)OCCSc2ccccc2)=C(C)N1. The van der Waals surface area contributed by atoms with Crippen molar-refractivity contribution in [2.75, 3.05) is 12.4 Å². The summed E-state index contributed by atoms with van der Waals surface area (Å²) in [5, 5.41) is 13.2. The minimum Gasteiger partial charge on any atom is -0.478 e. The normalized spacial score (nSPS) is 16.3. The lowest BCUT2D eigenvalue weighted by Crippen LogP contribution is -2.32. The van der Waals surface area contributed by atoms with Crippen LogP contribution in [0.4, 0.5) is 0 Å². The second kappa shape index (κ2) is 9.87. The topological polar surface area (TPSA) is 75.6 Å². The summed E-state index contributed by atoms with van der Waals surface area (Å²) in [6, 6.07) is 16.8. The number of esters is 1. The molecule has 0 saturated carbocycles. The molecule has 30 heavy (non-hydrogen) atoms. The van der Waals surface area contributed by atoms with Crippen molar-refractivity contribution in [1.82, 2.24) is 5.32 Å². The molecule has 1 heterocycles. The fraction of sp³-hybridized carbons (Fsp3) is 0.217. The fourth-order valence-corrected chi connectivity index (χ4v) is 4.45. The van der Waals surface area contributed by atoms with E-state index in [4.69, 9.17) is 16.3 Å². The first kappa shape index (κ1) is 22.0. The van der Waals surface area contributed by atoms with Crippen LogP contribution in [-0.2, 0) is 14.3 Å². The second-order valence-electron chi connectivity index (χ2n) is 6.76. The molecule has 1 aliphatic heterocycles. The molecule has 0 aromatic heterocycles. The molecule has 5 nitrogen and oxygen atoms in total. The quantitative estimate of drug-likeness (QED) is 0.356. The maximum absolute atomic E-state index is 13.0. The summed E-state index contributed by atoms with van der Waals surface area (Å²) in [5.41, 5.74) is 1.93. The number of carboxylic acids is 1. The molecule has 0 saturated heterocycles. The Balaban J connectivity index is 1.83. The zero-order chi connectivity index (χ0) is 21.7. The summed E-state index contributed by atoms with van der Waals surface area (Å²) in [6.45, 7) is 3.62. The molecule has 2 aromatic rings. The first-order valence-electron chi connectivity index (χ1n) is 9.41. The summed E-state index contributed by atoms with van der Waals surface area (Å²) in [4.78, 5) is 26.1. The molecule has 0 bridgehead atoms. The molecule has 0 aliphatic carbocycles. The Hall–Kier alpha value is -2.70. The van der Waals surface area contributed by atoms with E-state index in [2.05, 4.69) is 5.32 Å². The van der Waals surface area contributed by atoms with Crippen LogP contribution in [0.5, 0.6) is 0 Å². The highest BCUT2D eigenvalue weighted by molar-refractivity contribution is 7.99. The lowest BCUT2D eigenvalue weighted by atomic mass is 9.80. The van der Waals surface area contributed by atoms with Crippen molar-refractivity contribution >= 4 is 35.3 Å². The summed E-state index contributed by atoms with van der Waals surface area (Å²) >= 11 is 7.96. The Labute approximate surface area is 184 Å². The number of nitrogens with one attached hydrogen (secondary N) is 1. The van der Waals surface area contributed by atoms with Gasteiger partial charge in [-0.2, -0.15) is 0 Å². The Morgan fingerprint density at radius 1 is 1.03 bits per heavy atom. The number of hydrogen-bond donors (Lipinski definition) is 2. The number of ether oxygens (including phenoxy) is 1. The molecule has 0 spiro atoms. The molecule has 0 fully saturated rings. The van der Waals surface area contributed by atoms with Gasteiger partial charge in [-0.15, -0.1) is 11.8 Å². The zero-order valence-electron chi connectivity index (χ0n) is 16.6. The molecule has 1 unspecified atom stereocenters. The predicted molar refractivity (Wildman–Crippen MR) is 118 cm³/mol. The van der Waals surface area contributed by atoms with E-state index in [9.17, 15) is 14.7 Å². The van der Waals surface area contributed by atoms with Crippen LogP contribution in [0, 0.1) is 0 Å². The van der Waals surface area contributed by atoms with Crippen molar-refractivity contribution in [1.29, 1.82) is 0 Å². The van der Waals surface area contributed by atoms with Crippen LogP contribution in [0.15, 0.2) is 82.0 Å². The van der Waals surface area contributed by atoms with Gasteiger partial charge in [-0.25, -0.2) is 9.59 Å². The first-order chi connectivity index (χ1) is 14.4. The third-order valence-electron chi connectivity index (χ3n) is 4.76. The Kier molecular flexibility index (Phi) is 7.24. The van der Waals surface area contributed by atoms with E-state index in [-0.39, 0.29) is 17.8 Å². The Morgan fingerprint density at radius 2 is 1.67 bits per heavy atom. The number of dihydropyridines is 1. The van der Waals surface area contributed by atoms with E-state index in [1.165, 1.54) is 0 Å². The number of allylic oxidation sites excluding steroid dienone is 2. The molecule has 1 aliphatic rings. The van der Waals surface area contributed by atoms with E-state index in [1.807, 2.05) is 30.3 Å². The van der Waals surface area contributed by atoms with Crippen molar-refractivity contribution in [3.05, 3.63) is 87.7 Å². The van der Waals surface area contributed by atoms with Crippen LogP contribution in [0.3, 0.4) is 0 Å². The molecule has 2 N–H and O–H groups in total. The summed E-state index contributed by atoms with van der Waals surface area (Å²) in [6.07, 6.45) is 0. The third-order valence-corrected chi connectivity index (χ3v) is 6.08. The van der Waals surface area contributed by atoms with E-state index in [1.54, 1.807) is 49.9 Å². The number of carboxylic acid groups (broad SMARTS) is 1. The van der Waals surface area contributed by atoms with Crippen LogP contribution < -0.4 is 5.32 Å². The molecule has 2 aromatic carbocycles. The maximum atomic E-state index is 13.0. The molecule has 3 rings (SSSR count).